The van der Waals surface area contributed by atoms with Crippen LogP contribution in [0.5, 0.6) is 34.5 Å². The summed E-state index contributed by atoms with van der Waals surface area (Å²) in [6.07, 6.45) is 1.61. The molecular formula is C19H16NNa2O9PS. The molecule has 10 nitrogen and oxygen atoms in total. The summed E-state index contributed by atoms with van der Waals surface area (Å²) in [5.74, 6) is 1.42. The molecule has 33 heavy (non-hydrogen) atoms. The molecule has 1 aliphatic rings. The molecule has 0 amide bonds. The number of rotatable bonds is 7. The maximum Gasteiger partial charge on any atom is 1.00 e. The molecule has 14 heteroatoms. The van der Waals surface area contributed by atoms with Gasteiger partial charge in [-0.05, 0) is 41.4 Å². The maximum atomic E-state index is 11.2. The topological polar surface area (TPSA) is 131 Å². The van der Waals surface area contributed by atoms with Gasteiger partial charge in [0.2, 0.25) is 18.3 Å². The Morgan fingerprint density at radius 3 is 2.24 bits per heavy atom. The Morgan fingerprint density at radius 2 is 1.61 bits per heavy atom. The summed E-state index contributed by atoms with van der Waals surface area (Å²) in [5, 5.41) is 0. The number of hydrogen-bond acceptors (Lipinski definition) is 11. The smallest absolute Gasteiger partial charge is 0.780 e. The van der Waals surface area contributed by atoms with Crippen LogP contribution in [0.4, 0.5) is 0 Å². The average Bonchev–Trinajstić information content (AvgIpc) is 3.40. The number of benzene rings is 2. The molecule has 0 unspecified atom stereocenters. The second kappa shape index (κ2) is 11.6. The van der Waals surface area contributed by atoms with Crippen molar-refractivity contribution in [3.05, 3.63) is 30.5 Å². The zero-order valence-corrected chi connectivity index (χ0v) is 24.3. The van der Waals surface area contributed by atoms with Crippen LogP contribution in [0.25, 0.3) is 21.6 Å². The molecule has 2 aromatic carbocycles. The minimum Gasteiger partial charge on any atom is -0.780 e. The first kappa shape index (κ1) is 28.3. The average molecular weight is 511 g/mol. The van der Waals surface area contributed by atoms with E-state index in [4.69, 9.17) is 23.7 Å². The number of fused-ring (bicyclic) bond motifs is 1. The van der Waals surface area contributed by atoms with Crippen LogP contribution in [0.15, 0.2) is 30.5 Å². The standard InChI is InChI=1S/C19H18NO9PS.2Na/c1-24-13-4-10(5-16(17(13)26-3)29-30(21,22)23)12-8-20-31-19(12)11-6-14(25-2)18-15(7-11)27-9-28-18;;/h4-8H,9H2,1-3H3,(H2,21,22,23);;/q;2*+1/p-2. The number of ether oxygens (including phenoxy) is 5. The number of phosphoric ester groups is 1. The summed E-state index contributed by atoms with van der Waals surface area (Å²) in [6, 6.07) is 6.58. The summed E-state index contributed by atoms with van der Waals surface area (Å²) < 4.78 is 46.9. The Kier molecular flexibility index (Phi) is 9.96. The van der Waals surface area contributed by atoms with Crippen molar-refractivity contribution in [2.75, 3.05) is 28.1 Å². The van der Waals surface area contributed by atoms with Gasteiger partial charge in [0.1, 0.15) is 7.82 Å². The molecule has 2 heterocycles. The van der Waals surface area contributed by atoms with Gasteiger partial charge < -0.3 is 42.6 Å². The van der Waals surface area contributed by atoms with Gasteiger partial charge in [0.15, 0.2) is 23.0 Å². The van der Waals surface area contributed by atoms with Crippen molar-refractivity contribution in [3.8, 4) is 56.1 Å². The number of hydrogen-bond donors (Lipinski definition) is 0. The summed E-state index contributed by atoms with van der Waals surface area (Å²) in [7, 11) is -1.12. The number of nitrogens with zero attached hydrogens (tertiary/aromatic N) is 1. The first-order valence-corrected chi connectivity index (χ1v) is 11.0. The Labute approximate surface area is 238 Å². The van der Waals surface area contributed by atoms with Crippen LogP contribution >= 0.6 is 19.4 Å². The van der Waals surface area contributed by atoms with E-state index in [1.165, 1.54) is 38.9 Å². The largest absolute Gasteiger partial charge is 1.00 e. The van der Waals surface area contributed by atoms with Gasteiger partial charge in [0.25, 0.3) is 0 Å². The van der Waals surface area contributed by atoms with Gasteiger partial charge in [0.05, 0.1) is 26.2 Å². The van der Waals surface area contributed by atoms with E-state index >= 15 is 0 Å². The first-order chi connectivity index (χ1) is 14.8. The SMILES string of the molecule is COc1cc(-c2cnsc2-c2cc(OC)c3c(c2)OCO3)cc(OP(=O)([O-])[O-])c1OC.[Na+].[Na+]. The van der Waals surface area contributed by atoms with Gasteiger partial charge in [-0.1, -0.05) is 0 Å². The van der Waals surface area contributed by atoms with Gasteiger partial charge in [-0.15, -0.1) is 0 Å². The zero-order valence-electron chi connectivity index (χ0n) is 18.6. The van der Waals surface area contributed by atoms with E-state index < -0.39 is 7.82 Å². The molecule has 0 bridgehead atoms. The van der Waals surface area contributed by atoms with Gasteiger partial charge in [-0.3, -0.25) is 0 Å². The Morgan fingerprint density at radius 1 is 0.939 bits per heavy atom. The van der Waals surface area contributed by atoms with E-state index in [0.717, 1.165) is 10.4 Å². The van der Waals surface area contributed by atoms with Crippen LogP contribution in [0.1, 0.15) is 0 Å². The second-order valence-electron chi connectivity index (χ2n) is 6.23. The van der Waals surface area contributed by atoms with Crippen molar-refractivity contribution in [2.24, 2.45) is 0 Å². The fraction of sp³-hybridized carbons (Fsp3) is 0.211. The fourth-order valence-electron chi connectivity index (χ4n) is 3.19. The Balaban J connectivity index is 0.00000193. The van der Waals surface area contributed by atoms with Crippen LogP contribution in [-0.2, 0) is 4.57 Å². The van der Waals surface area contributed by atoms with Crippen LogP contribution in [-0.4, -0.2) is 32.5 Å². The normalized spacial score (nSPS) is 11.8. The predicted octanol–water partition coefficient (Wildman–Crippen LogP) is -3.55. The molecular weight excluding hydrogens is 495 g/mol. The van der Waals surface area contributed by atoms with Crippen molar-refractivity contribution in [3.63, 3.8) is 0 Å². The van der Waals surface area contributed by atoms with E-state index in [0.29, 0.717) is 28.4 Å². The van der Waals surface area contributed by atoms with Gasteiger partial charge >= 0.3 is 59.1 Å². The minimum absolute atomic E-state index is 0. The third kappa shape index (κ3) is 5.99. The number of aromatic nitrogens is 1. The number of methoxy groups -OCH3 is 3. The summed E-state index contributed by atoms with van der Waals surface area (Å²) >= 11 is 1.21. The monoisotopic (exact) mass is 511 g/mol. The molecule has 0 aliphatic carbocycles. The third-order valence-electron chi connectivity index (χ3n) is 4.46. The Hall–Kier alpha value is -0.980. The second-order valence-corrected chi connectivity index (χ2v) is 8.11. The van der Waals surface area contributed by atoms with Crippen molar-refractivity contribution in [1.29, 1.82) is 0 Å². The molecule has 0 fully saturated rings. The zero-order chi connectivity index (χ0) is 22.2. The summed E-state index contributed by atoms with van der Waals surface area (Å²) in [4.78, 5) is 23.2. The summed E-state index contributed by atoms with van der Waals surface area (Å²) in [5.41, 5.74) is 1.89. The minimum atomic E-state index is -5.34. The van der Waals surface area contributed by atoms with Gasteiger partial charge in [0, 0.05) is 17.3 Å². The molecule has 0 saturated heterocycles. The van der Waals surface area contributed by atoms with Crippen LogP contribution in [0, 0.1) is 0 Å². The third-order valence-corrected chi connectivity index (χ3v) is 5.73. The maximum absolute atomic E-state index is 11.2. The quantitative estimate of drug-likeness (QED) is 0.232. The molecule has 0 saturated carbocycles. The van der Waals surface area contributed by atoms with Gasteiger partial charge in [-0.25, -0.2) is 0 Å². The van der Waals surface area contributed by atoms with E-state index in [1.54, 1.807) is 24.4 Å². The molecule has 0 N–H and O–H groups in total. The van der Waals surface area contributed by atoms with Gasteiger partial charge in [-0.2, -0.15) is 4.37 Å². The molecule has 3 aromatic rings. The molecule has 0 radical (unpaired) electrons. The molecule has 1 aliphatic heterocycles. The van der Waals surface area contributed by atoms with E-state index in [-0.39, 0.29) is 83.2 Å². The molecule has 0 spiro atoms. The van der Waals surface area contributed by atoms with Crippen molar-refractivity contribution in [2.45, 2.75) is 0 Å². The summed E-state index contributed by atoms with van der Waals surface area (Å²) in [6.45, 7) is 0.0888. The molecule has 4 rings (SSSR count). The van der Waals surface area contributed by atoms with Crippen molar-refractivity contribution in [1.82, 2.24) is 4.37 Å². The Bertz CT molecular complexity index is 1180. The van der Waals surface area contributed by atoms with Crippen LogP contribution in [0.2, 0.25) is 0 Å². The molecule has 1 aromatic heterocycles. The first-order valence-electron chi connectivity index (χ1n) is 8.75. The fourth-order valence-corrected chi connectivity index (χ4v) is 4.32. The van der Waals surface area contributed by atoms with E-state index in [2.05, 4.69) is 8.90 Å². The van der Waals surface area contributed by atoms with Crippen molar-refractivity contribution >= 4 is 19.4 Å². The van der Waals surface area contributed by atoms with Crippen LogP contribution in [0.3, 0.4) is 0 Å². The number of phosphoric acid groups is 1. The predicted molar refractivity (Wildman–Crippen MR) is 107 cm³/mol. The van der Waals surface area contributed by atoms with E-state index in [9.17, 15) is 14.4 Å². The van der Waals surface area contributed by atoms with E-state index in [1.807, 2.05) is 0 Å². The van der Waals surface area contributed by atoms with Crippen molar-refractivity contribution < 1.29 is 102 Å². The molecule has 164 valence electrons. The molecule has 0 atom stereocenters. The van der Waals surface area contributed by atoms with Crippen LogP contribution < -0.4 is 97.1 Å².